The molecule has 0 bridgehead atoms. The third-order valence-electron chi connectivity index (χ3n) is 2.24. The second-order valence-electron chi connectivity index (χ2n) is 3.44. The van der Waals surface area contributed by atoms with Gasteiger partial charge in [-0.25, -0.2) is 0 Å². The van der Waals surface area contributed by atoms with Crippen molar-refractivity contribution in [1.29, 1.82) is 0 Å². The molecule has 1 aromatic rings. The fourth-order valence-corrected chi connectivity index (χ4v) is 2.05. The number of rotatable bonds is 5. The molecule has 1 nitrogen and oxygen atoms in total. The number of nitrogens with one attached hydrogen (secondary N) is 1. The molecule has 80 valence electrons. The summed E-state index contributed by atoms with van der Waals surface area (Å²) < 4.78 is 1.12. The van der Waals surface area contributed by atoms with Gasteiger partial charge in [-0.15, -0.1) is 12.3 Å². The van der Waals surface area contributed by atoms with Crippen LogP contribution in [0.15, 0.2) is 28.7 Å². The fourth-order valence-electron chi connectivity index (χ4n) is 1.49. The van der Waals surface area contributed by atoms with Crippen LogP contribution in [0.2, 0.25) is 0 Å². The maximum atomic E-state index is 5.38. The van der Waals surface area contributed by atoms with Gasteiger partial charge in [0.1, 0.15) is 0 Å². The van der Waals surface area contributed by atoms with E-state index < -0.39 is 0 Å². The lowest BCUT2D eigenvalue weighted by atomic mass is 10.0. The van der Waals surface area contributed by atoms with Crippen LogP contribution in [0, 0.1) is 12.3 Å². The van der Waals surface area contributed by atoms with Gasteiger partial charge in [0.15, 0.2) is 0 Å². The zero-order valence-electron chi connectivity index (χ0n) is 8.96. The number of hydrogen-bond acceptors (Lipinski definition) is 1. The van der Waals surface area contributed by atoms with Crippen molar-refractivity contribution in [2.24, 2.45) is 0 Å². The first kappa shape index (κ1) is 12.3. The van der Waals surface area contributed by atoms with Crippen LogP contribution in [0.1, 0.15) is 31.4 Å². The van der Waals surface area contributed by atoms with Crippen LogP contribution < -0.4 is 5.32 Å². The molecular formula is C13H16BrN. The lowest BCUT2D eigenvalue weighted by molar-refractivity contribution is 0.541. The van der Waals surface area contributed by atoms with Crippen LogP contribution in [0.3, 0.4) is 0 Å². The zero-order valence-corrected chi connectivity index (χ0v) is 10.5. The van der Waals surface area contributed by atoms with Crippen molar-refractivity contribution in [1.82, 2.24) is 5.32 Å². The van der Waals surface area contributed by atoms with E-state index in [-0.39, 0.29) is 6.04 Å². The standard InChI is InChI=1S/C13H16BrN/c1-3-7-13(15-10-4-2)11-8-5-6-9-12(11)14/h1,5-6,8-9,13,15H,4,7,10H2,2H3. The Labute approximate surface area is 100 Å². The summed E-state index contributed by atoms with van der Waals surface area (Å²) in [6.45, 7) is 3.15. The Balaban J connectivity index is 2.79. The molecule has 0 radical (unpaired) electrons. The third kappa shape index (κ3) is 3.70. The highest BCUT2D eigenvalue weighted by molar-refractivity contribution is 9.10. The first-order chi connectivity index (χ1) is 7.29. The van der Waals surface area contributed by atoms with Gasteiger partial charge in [-0.1, -0.05) is 41.1 Å². The lowest BCUT2D eigenvalue weighted by Gasteiger charge is -2.17. The van der Waals surface area contributed by atoms with Gasteiger partial charge in [-0.3, -0.25) is 0 Å². The molecule has 2 heteroatoms. The van der Waals surface area contributed by atoms with Crippen molar-refractivity contribution in [3.8, 4) is 12.3 Å². The van der Waals surface area contributed by atoms with Crippen LogP contribution in [0.4, 0.5) is 0 Å². The highest BCUT2D eigenvalue weighted by Gasteiger charge is 2.11. The molecule has 0 aromatic heterocycles. The Morgan fingerprint density at radius 1 is 1.47 bits per heavy atom. The molecule has 1 rings (SSSR count). The van der Waals surface area contributed by atoms with Crippen molar-refractivity contribution in [2.75, 3.05) is 6.54 Å². The molecule has 1 atom stereocenters. The Morgan fingerprint density at radius 3 is 2.80 bits per heavy atom. The van der Waals surface area contributed by atoms with Crippen LogP contribution in [0.25, 0.3) is 0 Å². The van der Waals surface area contributed by atoms with Gasteiger partial charge in [-0.2, -0.15) is 0 Å². The van der Waals surface area contributed by atoms with Crippen molar-refractivity contribution in [3.63, 3.8) is 0 Å². The molecule has 1 aromatic carbocycles. The zero-order chi connectivity index (χ0) is 11.1. The highest BCUT2D eigenvalue weighted by atomic mass is 79.9. The summed E-state index contributed by atoms with van der Waals surface area (Å²) in [7, 11) is 0. The van der Waals surface area contributed by atoms with E-state index >= 15 is 0 Å². The van der Waals surface area contributed by atoms with Gasteiger partial charge in [0.25, 0.3) is 0 Å². The largest absolute Gasteiger partial charge is 0.309 e. The van der Waals surface area contributed by atoms with Crippen molar-refractivity contribution in [2.45, 2.75) is 25.8 Å². The van der Waals surface area contributed by atoms with E-state index in [1.165, 1.54) is 5.56 Å². The third-order valence-corrected chi connectivity index (χ3v) is 2.97. The van der Waals surface area contributed by atoms with E-state index in [0.29, 0.717) is 0 Å². The predicted molar refractivity (Wildman–Crippen MR) is 68.6 cm³/mol. The molecule has 0 fully saturated rings. The summed E-state index contributed by atoms with van der Waals surface area (Å²) in [5, 5.41) is 3.45. The maximum absolute atomic E-state index is 5.38. The Hall–Kier alpha value is -0.780. The second-order valence-corrected chi connectivity index (χ2v) is 4.29. The topological polar surface area (TPSA) is 12.0 Å². The van der Waals surface area contributed by atoms with Crippen LogP contribution in [-0.2, 0) is 0 Å². The van der Waals surface area contributed by atoms with E-state index in [9.17, 15) is 0 Å². The number of terminal acetylenes is 1. The molecule has 0 aliphatic heterocycles. The Bertz CT molecular complexity index is 341. The molecule has 0 aliphatic carbocycles. The van der Waals surface area contributed by atoms with Crippen LogP contribution >= 0.6 is 15.9 Å². The molecule has 0 spiro atoms. The molecular weight excluding hydrogens is 250 g/mol. The average Bonchev–Trinajstić information content (AvgIpc) is 2.25. The summed E-state index contributed by atoms with van der Waals surface area (Å²) in [5.41, 5.74) is 1.24. The quantitative estimate of drug-likeness (QED) is 0.804. The summed E-state index contributed by atoms with van der Waals surface area (Å²) in [6, 6.07) is 8.46. The molecule has 15 heavy (non-hydrogen) atoms. The van der Waals surface area contributed by atoms with E-state index in [2.05, 4.69) is 40.2 Å². The summed E-state index contributed by atoms with van der Waals surface area (Å²) in [5.74, 6) is 2.72. The lowest BCUT2D eigenvalue weighted by Crippen LogP contribution is -2.22. The molecule has 0 heterocycles. The first-order valence-corrected chi connectivity index (χ1v) is 6.00. The maximum Gasteiger partial charge on any atom is 0.0442 e. The van der Waals surface area contributed by atoms with Gasteiger partial charge in [0.2, 0.25) is 0 Å². The van der Waals surface area contributed by atoms with Gasteiger partial charge in [0, 0.05) is 16.9 Å². The van der Waals surface area contributed by atoms with Gasteiger partial charge in [0.05, 0.1) is 0 Å². The predicted octanol–water partition coefficient (Wildman–Crippen LogP) is 3.51. The van der Waals surface area contributed by atoms with Crippen molar-refractivity contribution >= 4 is 15.9 Å². The van der Waals surface area contributed by atoms with Crippen LogP contribution in [0.5, 0.6) is 0 Å². The highest BCUT2D eigenvalue weighted by Crippen LogP contribution is 2.24. The van der Waals surface area contributed by atoms with Gasteiger partial charge in [-0.05, 0) is 24.6 Å². The summed E-state index contributed by atoms with van der Waals surface area (Å²) >= 11 is 3.55. The molecule has 0 amide bonds. The van der Waals surface area contributed by atoms with Crippen molar-refractivity contribution < 1.29 is 0 Å². The van der Waals surface area contributed by atoms with E-state index in [0.717, 1.165) is 23.9 Å². The van der Waals surface area contributed by atoms with Gasteiger partial charge < -0.3 is 5.32 Å². The number of hydrogen-bond donors (Lipinski definition) is 1. The summed E-state index contributed by atoms with van der Waals surface area (Å²) in [4.78, 5) is 0. The first-order valence-electron chi connectivity index (χ1n) is 5.20. The monoisotopic (exact) mass is 265 g/mol. The van der Waals surface area contributed by atoms with E-state index in [1.54, 1.807) is 0 Å². The van der Waals surface area contributed by atoms with Crippen molar-refractivity contribution in [3.05, 3.63) is 34.3 Å². The SMILES string of the molecule is C#CCC(NCCC)c1ccccc1Br. The second kappa shape index (κ2) is 6.66. The van der Waals surface area contributed by atoms with Crippen LogP contribution in [-0.4, -0.2) is 6.54 Å². The number of benzene rings is 1. The van der Waals surface area contributed by atoms with Gasteiger partial charge >= 0.3 is 0 Å². The Morgan fingerprint density at radius 2 is 2.20 bits per heavy atom. The fraction of sp³-hybridized carbons (Fsp3) is 0.385. The number of halogens is 1. The molecule has 0 saturated carbocycles. The average molecular weight is 266 g/mol. The summed E-state index contributed by atoms with van der Waals surface area (Å²) in [6.07, 6.45) is 7.22. The molecule has 0 aliphatic rings. The van der Waals surface area contributed by atoms with E-state index in [1.807, 2.05) is 18.2 Å². The minimum absolute atomic E-state index is 0.255. The van der Waals surface area contributed by atoms with E-state index in [4.69, 9.17) is 6.42 Å². The smallest absolute Gasteiger partial charge is 0.0442 e. The molecule has 1 N–H and O–H groups in total. The minimum atomic E-state index is 0.255. The Kier molecular flexibility index (Phi) is 5.45. The molecule has 1 unspecified atom stereocenters. The molecule has 0 saturated heterocycles. The normalized spacial score (nSPS) is 12.1. The minimum Gasteiger partial charge on any atom is -0.309 e.